The van der Waals surface area contributed by atoms with E-state index in [4.69, 9.17) is 4.42 Å². The highest BCUT2D eigenvalue weighted by Crippen LogP contribution is 2.20. The second-order valence-corrected chi connectivity index (χ2v) is 4.82. The van der Waals surface area contributed by atoms with E-state index in [1.165, 1.54) is 6.42 Å². The van der Waals surface area contributed by atoms with Gasteiger partial charge in [0.25, 0.3) is 0 Å². The molecule has 1 aromatic heterocycles. The van der Waals surface area contributed by atoms with Crippen LogP contribution in [0.4, 0.5) is 0 Å². The fourth-order valence-corrected chi connectivity index (χ4v) is 2.58. The number of rotatable bonds is 4. The van der Waals surface area contributed by atoms with Gasteiger partial charge in [-0.25, -0.2) is 0 Å². The Morgan fingerprint density at radius 1 is 1.44 bits per heavy atom. The molecule has 0 radical (unpaired) electrons. The number of nitrogens with one attached hydrogen (secondary N) is 1. The van der Waals surface area contributed by atoms with Crippen LogP contribution in [0.3, 0.4) is 0 Å². The van der Waals surface area contributed by atoms with Crippen molar-refractivity contribution in [3.63, 3.8) is 0 Å². The van der Waals surface area contributed by atoms with E-state index in [-0.39, 0.29) is 0 Å². The standard InChI is InChI=1S/C13H22N2O/c1-4-11-7-14-8-13(11)15(3)9-12-6-5-10(2)16-12/h5-6,11,13-14H,4,7-9H2,1-3H3. The average molecular weight is 222 g/mol. The lowest BCUT2D eigenvalue weighted by Crippen LogP contribution is -2.37. The Balaban J connectivity index is 1.94. The first kappa shape index (κ1) is 11.7. The van der Waals surface area contributed by atoms with Gasteiger partial charge in [0, 0.05) is 12.6 Å². The van der Waals surface area contributed by atoms with Crippen molar-refractivity contribution in [3.05, 3.63) is 23.7 Å². The van der Waals surface area contributed by atoms with Gasteiger partial charge in [-0.3, -0.25) is 4.90 Å². The highest BCUT2D eigenvalue weighted by molar-refractivity contribution is 5.05. The quantitative estimate of drug-likeness (QED) is 0.845. The van der Waals surface area contributed by atoms with Gasteiger partial charge < -0.3 is 9.73 Å². The lowest BCUT2D eigenvalue weighted by molar-refractivity contribution is 0.187. The summed E-state index contributed by atoms with van der Waals surface area (Å²) in [7, 11) is 2.19. The van der Waals surface area contributed by atoms with Crippen LogP contribution >= 0.6 is 0 Å². The third kappa shape index (κ3) is 2.47. The summed E-state index contributed by atoms with van der Waals surface area (Å²) in [5.41, 5.74) is 0. The summed E-state index contributed by atoms with van der Waals surface area (Å²) in [6.45, 7) is 7.44. The predicted octanol–water partition coefficient (Wildman–Crippen LogP) is 2.02. The van der Waals surface area contributed by atoms with Gasteiger partial charge in [-0.05, 0) is 38.6 Å². The molecule has 1 aromatic rings. The largest absolute Gasteiger partial charge is 0.465 e. The minimum Gasteiger partial charge on any atom is -0.465 e. The second-order valence-electron chi connectivity index (χ2n) is 4.82. The number of aryl methyl sites for hydroxylation is 1. The molecule has 1 N–H and O–H groups in total. The van der Waals surface area contributed by atoms with Gasteiger partial charge in [-0.15, -0.1) is 0 Å². The topological polar surface area (TPSA) is 28.4 Å². The third-order valence-electron chi connectivity index (χ3n) is 3.60. The van der Waals surface area contributed by atoms with E-state index in [0.717, 1.165) is 37.1 Å². The molecule has 1 fully saturated rings. The molecule has 1 saturated heterocycles. The van der Waals surface area contributed by atoms with Crippen LogP contribution < -0.4 is 5.32 Å². The molecule has 0 aromatic carbocycles. The van der Waals surface area contributed by atoms with E-state index in [1.807, 2.05) is 13.0 Å². The number of likely N-dealkylation sites (N-methyl/N-ethyl adjacent to an activating group) is 1. The van der Waals surface area contributed by atoms with Crippen molar-refractivity contribution < 1.29 is 4.42 Å². The zero-order chi connectivity index (χ0) is 11.5. The number of furan rings is 1. The number of hydrogen-bond acceptors (Lipinski definition) is 3. The van der Waals surface area contributed by atoms with Gasteiger partial charge in [-0.1, -0.05) is 13.3 Å². The summed E-state index contributed by atoms with van der Waals surface area (Å²) in [4.78, 5) is 2.41. The third-order valence-corrected chi connectivity index (χ3v) is 3.60. The summed E-state index contributed by atoms with van der Waals surface area (Å²) < 4.78 is 5.62. The van der Waals surface area contributed by atoms with Crippen LogP contribution in [-0.4, -0.2) is 31.1 Å². The molecule has 0 aliphatic carbocycles. The molecule has 0 bridgehead atoms. The Morgan fingerprint density at radius 2 is 2.25 bits per heavy atom. The maximum absolute atomic E-state index is 5.62. The van der Waals surface area contributed by atoms with Crippen LogP contribution in [0.15, 0.2) is 16.5 Å². The van der Waals surface area contributed by atoms with Crippen LogP contribution in [-0.2, 0) is 6.54 Å². The van der Waals surface area contributed by atoms with Crippen molar-refractivity contribution in [3.8, 4) is 0 Å². The van der Waals surface area contributed by atoms with Crippen LogP contribution in [0.5, 0.6) is 0 Å². The van der Waals surface area contributed by atoms with Gasteiger partial charge in [0.2, 0.25) is 0 Å². The lowest BCUT2D eigenvalue weighted by atomic mass is 10.00. The normalized spacial score (nSPS) is 25.5. The first-order valence-corrected chi connectivity index (χ1v) is 6.17. The van der Waals surface area contributed by atoms with E-state index < -0.39 is 0 Å². The van der Waals surface area contributed by atoms with Crippen molar-refractivity contribution >= 4 is 0 Å². The SMILES string of the molecule is CCC1CNCC1N(C)Cc1ccc(C)o1. The predicted molar refractivity (Wildman–Crippen MR) is 65.4 cm³/mol. The smallest absolute Gasteiger partial charge is 0.118 e. The monoisotopic (exact) mass is 222 g/mol. The molecule has 2 unspecified atom stereocenters. The lowest BCUT2D eigenvalue weighted by Gasteiger charge is -2.27. The van der Waals surface area contributed by atoms with Crippen LogP contribution in [0.1, 0.15) is 24.9 Å². The molecule has 16 heavy (non-hydrogen) atoms. The summed E-state index contributed by atoms with van der Waals surface area (Å²) in [5, 5.41) is 3.47. The summed E-state index contributed by atoms with van der Waals surface area (Å²) in [5.74, 6) is 2.85. The highest BCUT2D eigenvalue weighted by atomic mass is 16.3. The maximum Gasteiger partial charge on any atom is 0.118 e. The van der Waals surface area contributed by atoms with E-state index in [0.29, 0.717) is 6.04 Å². The minimum absolute atomic E-state index is 0.649. The number of nitrogens with zero attached hydrogens (tertiary/aromatic N) is 1. The first-order chi connectivity index (χ1) is 7.70. The average Bonchev–Trinajstić information content (AvgIpc) is 2.86. The summed E-state index contributed by atoms with van der Waals surface area (Å²) >= 11 is 0. The molecule has 0 spiro atoms. The molecule has 0 amide bonds. The van der Waals surface area contributed by atoms with Gasteiger partial charge in [0.1, 0.15) is 11.5 Å². The van der Waals surface area contributed by atoms with Gasteiger partial charge in [-0.2, -0.15) is 0 Å². The molecule has 2 heterocycles. The Hall–Kier alpha value is -0.800. The van der Waals surface area contributed by atoms with Crippen molar-refractivity contribution in [2.24, 2.45) is 5.92 Å². The van der Waals surface area contributed by atoms with E-state index >= 15 is 0 Å². The molecule has 1 aliphatic heterocycles. The molecular weight excluding hydrogens is 200 g/mol. The van der Waals surface area contributed by atoms with Crippen molar-refractivity contribution in [2.45, 2.75) is 32.9 Å². The molecule has 90 valence electrons. The van der Waals surface area contributed by atoms with E-state index in [2.05, 4.69) is 30.3 Å². The van der Waals surface area contributed by atoms with Crippen LogP contribution in [0.2, 0.25) is 0 Å². The Labute approximate surface area is 97.8 Å². The number of hydrogen-bond donors (Lipinski definition) is 1. The van der Waals surface area contributed by atoms with Crippen LogP contribution in [0, 0.1) is 12.8 Å². The highest BCUT2D eigenvalue weighted by Gasteiger charge is 2.28. The van der Waals surface area contributed by atoms with Crippen molar-refractivity contribution in [2.75, 3.05) is 20.1 Å². The second kappa shape index (κ2) is 5.02. The zero-order valence-corrected chi connectivity index (χ0v) is 10.5. The van der Waals surface area contributed by atoms with Crippen molar-refractivity contribution in [1.29, 1.82) is 0 Å². The summed E-state index contributed by atoms with van der Waals surface area (Å²) in [6, 6.07) is 4.76. The van der Waals surface area contributed by atoms with Crippen LogP contribution in [0.25, 0.3) is 0 Å². The molecule has 0 saturated carbocycles. The van der Waals surface area contributed by atoms with E-state index in [9.17, 15) is 0 Å². The summed E-state index contributed by atoms with van der Waals surface area (Å²) in [6.07, 6.45) is 1.25. The van der Waals surface area contributed by atoms with Crippen molar-refractivity contribution in [1.82, 2.24) is 10.2 Å². The molecule has 1 aliphatic rings. The fraction of sp³-hybridized carbons (Fsp3) is 0.692. The minimum atomic E-state index is 0.649. The van der Waals surface area contributed by atoms with Gasteiger partial charge in [0.05, 0.1) is 6.54 Å². The molecular formula is C13H22N2O. The van der Waals surface area contributed by atoms with Gasteiger partial charge >= 0.3 is 0 Å². The van der Waals surface area contributed by atoms with Gasteiger partial charge in [0.15, 0.2) is 0 Å². The fourth-order valence-electron chi connectivity index (χ4n) is 2.58. The Kier molecular flexibility index (Phi) is 3.66. The van der Waals surface area contributed by atoms with E-state index in [1.54, 1.807) is 0 Å². The molecule has 3 heteroatoms. The maximum atomic E-state index is 5.62. The first-order valence-electron chi connectivity index (χ1n) is 6.17. The Bertz CT molecular complexity index is 334. The molecule has 2 atom stereocenters. The molecule has 3 nitrogen and oxygen atoms in total. The molecule has 2 rings (SSSR count). The zero-order valence-electron chi connectivity index (χ0n) is 10.5. The Morgan fingerprint density at radius 3 is 2.88 bits per heavy atom.